The van der Waals surface area contributed by atoms with Gasteiger partial charge in [-0.1, -0.05) is 20.3 Å². The maximum absolute atomic E-state index is 9.74. The van der Waals surface area contributed by atoms with Crippen molar-refractivity contribution < 1.29 is 5.11 Å². The van der Waals surface area contributed by atoms with Crippen molar-refractivity contribution in [2.24, 2.45) is 5.92 Å². The van der Waals surface area contributed by atoms with Crippen molar-refractivity contribution in [3.8, 4) is 0 Å². The third-order valence-electron chi connectivity index (χ3n) is 3.35. The normalized spacial score (nSPS) is 10.3. The summed E-state index contributed by atoms with van der Waals surface area (Å²) in [7, 11) is 0. The number of rotatable bonds is 11. The minimum absolute atomic E-state index is 0.0810. The van der Waals surface area contributed by atoms with E-state index < -0.39 is 19.8 Å². The minimum atomic E-state index is -0.839. The molecule has 0 aliphatic carbocycles. The summed E-state index contributed by atoms with van der Waals surface area (Å²) in [5, 5.41) is 9.74. The molecule has 19 heavy (non-hydrogen) atoms. The van der Waals surface area contributed by atoms with Gasteiger partial charge in [0.15, 0.2) is 0 Å². The summed E-state index contributed by atoms with van der Waals surface area (Å²) in [5.74, 6) is 0.586. The van der Waals surface area contributed by atoms with Gasteiger partial charge < -0.3 is 5.11 Å². The summed E-state index contributed by atoms with van der Waals surface area (Å²) in [6.45, 7) is 11.2. The van der Waals surface area contributed by atoms with Crippen LogP contribution in [0.4, 0.5) is 0 Å². The number of hydrogen-bond donors (Lipinski definition) is 0. The number of unbranched alkanes of at least 4 members (excludes halogenated alkanes) is 3. The summed E-state index contributed by atoms with van der Waals surface area (Å²) in [6, 6.07) is 0. The summed E-state index contributed by atoms with van der Waals surface area (Å²) in [5.41, 5.74) is 0. The third-order valence-corrected chi connectivity index (χ3v) is 12.4. The molecule has 0 unspecified atom stereocenters. The first-order valence-electron chi connectivity index (χ1n) is 8.53. The Bertz CT molecular complexity index is 129. The van der Waals surface area contributed by atoms with Crippen LogP contribution in [0.1, 0.15) is 79.6 Å². The molecule has 0 aliphatic rings. The molecule has 0 saturated carbocycles. The van der Waals surface area contributed by atoms with Crippen molar-refractivity contribution in [1.29, 1.82) is 0 Å². The van der Waals surface area contributed by atoms with Crippen LogP contribution in [0.15, 0.2) is 0 Å². The van der Waals surface area contributed by atoms with Crippen LogP contribution in [0.3, 0.4) is 0 Å². The summed E-state index contributed by atoms with van der Waals surface area (Å²) >= 11 is -0.839. The van der Waals surface area contributed by atoms with Crippen LogP contribution in [0.5, 0.6) is 0 Å². The van der Waals surface area contributed by atoms with Gasteiger partial charge in [0.05, 0.1) is 0 Å². The van der Waals surface area contributed by atoms with Gasteiger partial charge in [0.2, 0.25) is 0 Å². The monoisotopic (exact) mass is 378 g/mol. The zero-order chi connectivity index (χ0) is 14.9. The van der Waals surface area contributed by atoms with E-state index in [0.717, 1.165) is 6.42 Å². The molecule has 0 heterocycles. The van der Waals surface area contributed by atoms with Gasteiger partial charge >= 0.3 is 92.4 Å². The Morgan fingerprint density at radius 1 is 0.789 bits per heavy atom. The molecule has 0 saturated heterocycles. The first-order chi connectivity index (χ1) is 9.12. The molecule has 0 radical (unpaired) electrons. The van der Waals surface area contributed by atoms with E-state index >= 15 is 0 Å². The van der Waals surface area contributed by atoms with Gasteiger partial charge in [0.25, 0.3) is 0 Å². The Morgan fingerprint density at radius 2 is 1.16 bits per heavy atom. The van der Waals surface area contributed by atoms with Gasteiger partial charge in [-0.15, -0.1) is 6.61 Å². The van der Waals surface area contributed by atoms with E-state index in [1.54, 1.807) is 13.3 Å². The topological polar surface area (TPSA) is 23.1 Å². The van der Waals surface area contributed by atoms with Crippen molar-refractivity contribution >= 4 is 19.8 Å². The average molecular weight is 377 g/mol. The van der Waals surface area contributed by atoms with Gasteiger partial charge in [-0.3, -0.25) is 0 Å². The molecule has 0 rings (SSSR count). The second-order valence-electron chi connectivity index (χ2n) is 5.95. The summed E-state index contributed by atoms with van der Waals surface area (Å²) in [6.07, 6.45) is 9.67. The van der Waals surface area contributed by atoms with Gasteiger partial charge in [-0.25, -0.2) is 0 Å². The Labute approximate surface area is 130 Å². The van der Waals surface area contributed by atoms with Gasteiger partial charge in [0, 0.05) is 0 Å². The van der Waals surface area contributed by atoms with Crippen LogP contribution >= 0.6 is 0 Å². The fourth-order valence-electron chi connectivity index (χ4n) is 1.89. The van der Waals surface area contributed by atoms with Crippen molar-refractivity contribution in [2.45, 2.75) is 92.9 Å². The van der Waals surface area contributed by atoms with E-state index in [0.29, 0.717) is 5.92 Å². The van der Waals surface area contributed by atoms with E-state index in [2.05, 4.69) is 34.6 Å². The van der Waals surface area contributed by atoms with E-state index in [1.807, 2.05) is 0 Å². The molecule has 0 amide bonds. The zero-order valence-electron chi connectivity index (χ0n) is 14.3. The zero-order valence-corrected chi connectivity index (χ0v) is 17.1. The molecule has 0 aliphatic heterocycles. The van der Waals surface area contributed by atoms with Crippen LogP contribution in [-0.4, -0.2) is 26.4 Å². The van der Waals surface area contributed by atoms with Gasteiger partial charge in [0.1, 0.15) is 0 Å². The van der Waals surface area contributed by atoms with Crippen molar-refractivity contribution in [1.82, 2.24) is 0 Å². The quantitative estimate of drug-likeness (QED) is 0.450. The summed E-state index contributed by atoms with van der Waals surface area (Å²) in [4.78, 5) is 0. The molecule has 2 heteroatoms. The van der Waals surface area contributed by atoms with Gasteiger partial charge in [-0.05, 0) is 5.92 Å². The average Bonchev–Trinajstić information content (AvgIpc) is 2.38. The van der Waals surface area contributed by atoms with E-state index in [-0.39, 0.29) is 6.61 Å². The predicted molar refractivity (Wildman–Crippen MR) is 89.2 cm³/mol. The van der Waals surface area contributed by atoms with Crippen molar-refractivity contribution in [3.63, 3.8) is 0 Å². The Balaban J connectivity index is 0. The second-order valence-corrected chi connectivity index (χ2v) is 14.5. The molecule has 0 N–H and O–H groups in total. The van der Waals surface area contributed by atoms with Crippen LogP contribution in [0.25, 0.3) is 0 Å². The molecule has 1 nitrogen and oxygen atoms in total. The van der Waals surface area contributed by atoms with E-state index in [4.69, 9.17) is 0 Å². The SMILES string of the molecule is CC(C)CC[O-].CCC[CH2][Sn+]([CH2]CCC)[CH2]CCC. The molecule has 0 aromatic rings. The summed E-state index contributed by atoms with van der Waals surface area (Å²) < 4.78 is 5.04. The molecule has 116 valence electrons. The van der Waals surface area contributed by atoms with Crippen LogP contribution in [0, 0.1) is 5.92 Å². The fraction of sp³-hybridized carbons (Fsp3) is 1.00. The van der Waals surface area contributed by atoms with Crippen LogP contribution in [0.2, 0.25) is 13.3 Å². The first-order valence-corrected chi connectivity index (χ1v) is 14.6. The van der Waals surface area contributed by atoms with Crippen LogP contribution in [-0.2, 0) is 0 Å². The molecule has 0 atom stereocenters. The molecule has 0 aromatic heterocycles. The van der Waals surface area contributed by atoms with Crippen LogP contribution < -0.4 is 5.11 Å². The Hall–Kier alpha value is 0.759. The molecule has 0 aromatic carbocycles. The third kappa shape index (κ3) is 21.2. The van der Waals surface area contributed by atoms with Crippen molar-refractivity contribution in [3.05, 3.63) is 0 Å². The standard InChI is InChI=1S/C5H11O.3C4H9.Sn/c1-5(2)3-4-6;3*1-3-4-2;/h5H,3-4H2,1-2H3;3*1,3-4H2,2H3;/q-1;;;;+1. The number of hydrogen-bond acceptors (Lipinski definition) is 1. The molecule has 0 bridgehead atoms. The molecular weight excluding hydrogens is 339 g/mol. The Kier molecular flexibility index (Phi) is 21.8. The molecule has 0 fully saturated rings. The molecular formula is C17H38OSn. The predicted octanol–water partition coefficient (Wildman–Crippen LogP) is 5.27. The first kappa shape index (κ1) is 22.0. The van der Waals surface area contributed by atoms with Crippen molar-refractivity contribution in [2.75, 3.05) is 6.61 Å². The maximum atomic E-state index is 9.74. The van der Waals surface area contributed by atoms with E-state index in [1.165, 1.54) is 38.5 Å². The fourth-order valence-corrected chi connectivity index (χ4v) is 11.3. The second kappa shape index (κ2) is 18.8. The van der Waals surface area contributed by atoms with E-state index in [9.17, 15) is 5.11 Å². The Morgan fingerprint density at radius 3 is 1.32 bits per heavy atom. The molecule has 0 spiro atoms. The van der Waals surface area contributed by atoms with Gasteiger partial charge in [-0.2, -0.15) is 0 Å².